The topological polar surface area (TPSA) is 51.0 Å². The molecule has 0 bridgehead atoms. The van der Waals surface area contributed by atoms with Gasteiger partial charge in [-0.2, -0.15) is 0 Å². The average molecular weight is 246 g/mol. The van der Waals surface area contributed by atoms with Crippen molar-refractivity contribution in [2.75, 3.05) is 6.61 Å². The van der Waals surface area contributed by atoms with Crippen LogP contribution in [0.25, 0.3) is 10.9 Å². The molecule has 0 spiro atoms. The Morgan fingerprint density at radius 3 is 2.67 bits per heavy atom. The van der Waals surface area contributed by atoms with Gasteiger partial charge in [0.25, 0.3) is 0 Å². The van der Waals surface area contributed by atoms with Gasteiger partial charge in [-0.05, 0) is 43.5 Å². The van der Waals surface area contributed by atoms with Crippen molar-refractivity contribution >= 4 is 10.9 Å². The van der Waals surface area contributed by atoms with Gasteiger partial charge in [0.1, 0.15) is 5.75 Å². The van der Waals surface area contributed by atoms with Crippen LogP contribution in [0, 0.1) is 0 Å². The summed E-state index contributed by atoms with van der Waals surface area (Å²) < 4.78 is 5.57. The van der Waals surface area contributed by atoms with Crippen molar-refractivity contribution in [2.45, 2.75) is 39.7 Å². The highest BCUT2D eigenvalue weighted by Crippen LogP contribution is 2.31. The standard InChI is InChI=1S/C15H22N2O/c1-4-12(16)15-11-9-10(18-6-3)7-8-14(11)17-13(15)5-2/h7-9,12,17H,4-6,16H2,1-3H3. The number of aryl methyl sites for hydroxylation is 1. The molecule has 1 heterocycles. The molecule has 2 aromatic rings. The predicted molar refractivity (Wildman–Crippen MR) is 76.1 cm³/mol. The van der Waals surface area contributed by atoms with E-state index in [4.69, 9.17) is 10.5 Å². The largest absolute Gasteiger partial charge is 0.494 e. The Morgan fingerprint density at radius 2 is 2.06 bits per heavy atom. The van der Waals surface area contributed by atoms with Gasteiger partial charge in [0.15, 0.2) is 0 Å². The summed E-state index contributed by atoms with van der Waals surface area (Å²) in [6.07, 6.45) is 1.92. The quantitative estimate of drug-likeness (QED) is 0.847. The molecule has 0 radical (unpaired) electrons. The first-order chi connectivity index (χ1) is 8.71. The molecule has 2 rings (SSSR count). The van der Waals surface area contributed by atoms with Crippen molar-refractivity contribution in [1.82, 2.24) is 4.98 Å². The van der Waals surface area contributed by atoms with Crippen molar-refractivity contribution in [3.63, 3.8) is 0 Å². The van der Waals surface area contributed by atoms with E-state index in [1.807, 2.05) is 13.0 Å². The number of fused-ring (bicyclic) bond motifs is 1. The van der Waals surface area contributed by atoms with E-state index in [-0.39, 0.29) is 6.04 Å². The zero-order valence-corrected chi connectivity index (χ0v) is 11.4. The molecule has 3 nitrogen and oxygen atoms in total. The maximum Gasteiger partial charge on any atom is 0.120 e. The summed E-state index contributed by atoms with van der Waals surface area (Å²) in [5.41, 5.74) is 9.88. The molecule has 1 atom stereocenters. The number of nitrogens with two attached hydrogens (primary N) is 1. The maximum absolute atomic E-state index is 6.24. The Kier molecular flexibility index (Phi) is 3.92. The minimum Gasteiger partial charge on any atom is -0.494 e. The highest BCUT2D eigenvalue weighted by Gasteiger charge is 2.16. The van der Waals surface area contributed by atoms with E-state index < -0.39 is 0 Å². The average Bonchev–Trinajstić information content (AvgIpc) is 2.76. The number of nitrogens with one attached hydrogen (secondary N) is 1. The molecule has 0 amide bonds. The summed E-state index contributed by atoms with van der Waals surface area (Å²) in [6.45, 7) is 6.96. The van der Waals surface area contributed by atoms with Gasteiger partial charge in [0.2, 0.25) is 0 Å². The van der Waals surface area contributed by atoms with Crippen molar-refractivity contribution in [1.29, 1.82) is 0 Å². The van der Waals surface area contributed by atoms with Gasteiger partial charge in [-0.15, -0.1) is 0 Å². The lowest BCUT2D eigenvalue weighted by Crippen LogP contribution is -2.10. The second kappa shape index (κ2) is 5.44. The van der Waals surface area contributed by atoms with Crippen LogP contribution in [0.1, 0.15) is 44.5 Å². The molecule has 0 aliphatic carbocycles. The molecular formula is C15H22N2O. The molecule has 0 saturated carbocycles. The summed E-state index contributed by atoms with van der Waals surface area (Å²) >= 11 is 0. The van der Waals surface area contributed by atoms with Crippen LogP contribution >= 0.6 is 0 Å². The monoisotopic (exact) mass is 246 g/mol. The Hall–Kier alpha value is -1.48. The Labute approximate surface area is 108 Å². The SMILES string of the molecule is CCOc1ccc2[nH]c(CC)c(C(N)CC)c2c1. The van der Waals surface area contributed by atoms with Gasteiger partial charge in [-0.3, -0.25) is 0 Å². The zero-order valence-electron chi connectivity index (χ0n) is 11.4. The second-order valence-corrected chi connectivity index (χ2v) is 4.53. The number of ether oxygens (including phenoxy) is 1. The fraction of sp³-hybridized carbons (Fsp3) is 0.467. The molecule has 1 aromatic heterocycles. The molecule has 18 heavy (non-hydrogen) atoms. The third-order valence-electron chi connectivity index (χ3n) is 3.37. The minimum absolute atomic E-state index is 0.0885. The normalized spacial score (nSPS) is 12.9. The van der Waals surface area contributed by atoms with Crippen LogP contribution in [0.4, 0.5) is 0 Å². The van der Waals surface area contributed by atoms with E-state index in [0.29, 0.717) is 6.61 Å². The first-order valence-electron chi connectivity index (χ1n) is 6.74. The van der Waals surface area contributed by atoms with Crippen LogP contribution in [0.3, 0.4) is 0 Å². The number of hydrogen-bond donors (Lipinski definition) is 2. The fourth-order valence-electron chi connectivity index (χ4n) is 2.41. The zero-order chi connectivity index (χ0) is 13.1. The molecule has 98 valence electrons. The molecule has 1 unspecified atom stereocenters. The van der Waals surface area contributed by atoms with Crippen LogP contribution in [0.2, 0.25) is 0 Å². The molecule has 3 N–H and O–H groups in total. The number of hydrogen-bond acceptors (Lipinski definition) is 2. The van der Waals surface area contributed by atoms with Crippen LogP contribution in [-0.2, 0) is 6.42 Å². The van der Waals surface area contributed by atoms with E-state index >= 15 is 0 Å². The first-order valence-corrected chi connectivity index (χ1v) is 6.74. The molecule has 3 heteroatoms. The van der Waals surface area contributed by atoms with Crippen molar-refractivity contribution < 1.29 is 4.74 Å². The lowest BCUT2D eigenvalue weighted by Gasteiger charge is -2.11. The Balaban J connectivity index is 2.58. The van der Waals surface area contributed by atoms with Gasteiger partial charge >= 0.3 is 0 Å². The molecular weight excluding hydrogens is 224 g/mol. The third kappa shape index (κ3) is 2.23. The highest BCUT2D eigenvalue weighted by atomic mass is 16.5. The van der Waals surface area contributed by atoms with E-state index in [1.54, 1.807) is 0 Å². The van der Waals surface area contributed by atoms with E-state index in [9.17, 15) is 0 Å². The molecule has 0 aliphatic heterocycles. The highest BCUT2D eigenvalue weighted by molar-refractivity contribution is 5.86. The number of aromatic nitrogens is 1. The number of aromatic amines is 1. The van der Waals surface area contributed by atoms with E-state index in [0.717, 1.165) is 24.1 Å². The lowest BCUT2D eigenvalue weighted by molar-refractivity contribution is 0.340. The Bertz CT molecular complexity index is 531. The van der Waals surface area contributed by atoms with Gasteiger partial charge in [0.05, 0.1) is 6.61 Å². The third-order valence-corrected chi connectivity index (χ3v) is 3.37. The summed E-state index contributed by atoms with van der Waals surface area (Å²) in [5, 5.41) is 1.20. The van der Waals surface area contributed by atoms with Crippen molar-refractivity contribution in [3.05, 3.63) is 29.5 Å². The van der Waals surface area contributed by atoms with Gasteiger partial charge in [0, 0.05) is 22.6 Å². The summed E-state index contributed by atoms with van der Waals surface area (Å²) in [7, 11) is 0. The molecule has 0 fully saturated rings. The second-order valence-electron chi connectivity index (χ2n) is 4.53. The molecule has 1 aromatic carbocycles. The van der Waals surface area contributed by atoms with Gasteiger partial charge < -0.3 is 15.5 Å². The lowest BCUT2D eigenvalue weighted by atomic mass is 10.0. The fourth-order valence-corrected chi connectivity index (χ4v) is 2.41. The van der Waals surface area contributed by atoms with Gasteiger partial charge in [-0.25, -0.2) is 0 Å². The predicted octanol–water partition coefficient (Wildman–Crippen LogP) is 3.54. The molecule has 0 aliphatic rings. The van der Waals surface area contributed by atoms with Crippen molar-refractivity contribution in [3.8, 4) is 5.75 Å². The summed E-state index contributed by atoms with van der Waals surface area (Å²) in [6, 6.07) is 6.26. The Morgan fingerprint density at radius 1 is 1.28 bits per heavy atom. The smallest absolute Gasteiger partial charge is 0.120 e. The van der Waals surface area contributed by atoms with Crippen molar-refractivity contribution in [2.24, 2.45) is 5.73 Å². The summed E-state index contributed by atoms with van der Waals surface area (Å²) in [4.78, 5) is 3.46. The summed E-state index contributed by atoms with van der Waals surface area (Å²) in [5.74, 6) is 0.913. The minimum atomic E-state index is 0.0885. The maximum atomic E-state index is 6.24. The number of H-pyrrole nitrogens is 1. The van der Waals surface area contributed by atoms with E-state index in [1.165, 1.54) is 16.6 Å². The molecule has 0 saturated heterocycles. The van der Waals surface area contributed by atoms with Crippen LogP contribution in [0.15, 0.2) is 18.2 Å². The van der Waals surface area contributed by atoms with Crippen LogP contribution in [-0.4, -0.2) is 11.6 Å². The first kappa shape index (κ1) is 13.0. The van der Waals surface area contributed by atoms with Gasteiger partial charge in [-0.1, -0.05) is 13.8 Å². The van der Waals surface area contributed by atoms with E-state index in [2.05, 4.69) is 31.0 Å². The number of rotatable bonds is 5. The van der Waals surface area contributed by atoms with Crippen LogP contribution in [0.5, 0.6) is 5.75 Å². The van der Waals surface area contributed by atoms with Crippen LogP contribution < -0.4 is 10.5 Å². The number of benzene rings is 1.